The van der Waals surface area contributed by atoms with Gasteiger partial charge in [-0.05, 0) is 12.1 Å². The van der Waals surface area contributed by atoms with E-state index in [9.17, 15) is 26.4 Å². The number of sulfone groups is 1. The van der Waals surface area contributed by atoms with Gasteiger partial charge in [0.15, 0.2) is 15.6 Å². The van der Waals surface area contributed by atoms with E-state index in [1.807, 2.05) is 0 Å². The summed E-state index contributed by atoms with van der Waals surface area (Å²) < 4.78 is 61.2. The smallest absolute Gasteiger partial charge is 0.406 e. The molecule has 1 aromatic rings. The third-order valence-corrected chi connectivity index (χ3v) is 2.57. The standard InChI is InChI=1S/C10H9F3O4S/c1-18(15,16)6-9(14)7-3-2-4-8(5-7)17-10(11,12)13/h2-5H,6H2,1H3. The van der Waals surface area contributed by atoms with Gasteiger partial charge in [-0.2, -0.15) is 0 Å². The molecule has 0 aliphatic rings. The average Bonchev–Trinajstić information content (AvgIpc) is 2.12. The molecule has 0 radical (unpaired) electrons. The zero-order valence-electron chi connectivity index (χ0n) is 9.19. The Morgan fingerprint density at radius 3 is 2.44 bits per heavy atom. The Balaban J connectivity index is 2.92. The lowest BCUT2D eigenvalue weighted by atomic mass is 10.1. The molecular formula is C10H9F3O4S. The van der Waals surface area contributed by atoms with Gasteiger partial charge in [0.05, 0.1) is 0 Å². The zero-order valence-corrected chi connectivity index (χ0v) is 10.0. The van der Waals surface area contributed by atoms with Gasteiger partial charge in [-0.15, -0.1) is 13.2 Å². The van der Waals surface area contributed by atoms with Crippen molar-refractivity contribution in [2.75, 3.05) is 12.0 Å². The lowest BCUT2D eigenvalue weighted by Crippen LogP contribution is -2.18. The summed E-state index contributed by atoms with van der Waals surface area (Å²) in [4.78, 5) is 11.5. The van der Waals surface area contributed by atoms with E-state index in [1.54, 1.807) is 0 Å². The van der Waals surface area contributed by atoms with Gasteiger partial charge in [-0.3, -0.25) is 4.79 Å². The molecule has 1 rings (SSSR count). The molecule has 0 bridgehead atoms. The highest BCUT2D eigenvalue weighted by atomic mass is 32.2. The molecule has 0 fully saturated rings. The fourth-order valence-electron chi connectivity index (χ4n) is 1.19. The van der Waals surface area contributed by atoms with E-state index in [0.717, 1.165) is 18.4 Å². The van der Waals surface area contributed by atoms with Gasteiger partial charge in [0, 0.05) is 11.8 Å². The Labute approximate surface area is 101 Å². The molecule has 0 spiro atoms. The van der Waals surface area contributed by atoms with Crippen LogP contribution in [0.15, 0.2) is 24.3 Å². The molecule has 4 nitrogen and oxygen atoms in total. The molecule has 8 heteroatoms. The molecule has 0 N–H and O–H groups in total. The zero-order chi connectivity index (χ0) is 14.0. The number of rotatable bonds is 4. The van der Waals surface area contributed by atoms with Crippen LogP contribution in [0.1, 0.15) is 10.4 Å². The first-order valence-electron chi connectivity index (χ1n) is 4.63. The van der Waals surface area contributed by atoms with Crippen molar-refractivity contribution >= 4 is 15.6 Å². The summed E-state index contributed by atoms with van der Waals surface area (Å²) in [6, 6.07) is 4.26. The van der Waals surface area contributed by atoms with Crippen LogP contribution >= 0.6 is 0 Å². The van der Waals surface area contributed by atoms with Crippen molar-refractivity contribution in [1.29, 1.82) is 0 Å². The lowest BCUT2D eigenvalue weighted by Gasteiger charge is -2.09. The SMILES string of the molecule is CS(=O)(=O)CC(=O)c1cccc(OC(F)(F)F)c1. The largest absolute Gasteiger partial charge is 0.573 e. The predicted molar refractivity (Wildman–Crippen MR) is 57.2 cm³/mol. The van der Waals surface area contributed by atoms with Crippen LogP contribution in [0.2, 0.25) is 0 Å². The minimum atomic E-state index is -4.86. The van der Waals surface area contributed by atoms with Crippen molar-refractivity contribution in [2.24, 2.45) is 0 Å². The molecule has 0 unspecified atom stereocenters. The van der Waals surface area contributed by atoms with Crippen molar-refractivity contribution in [2.45, 2.75) is 6.36 Å². The Bertz CT molecular complexity index is 548. The molecule has 0 saturated heterocycles. The maximum Gasteiger partial charge on any atom is 0.573 e. The van der Waals surface area contributed by atoms with Crippen LogP contribution in [0.3, 0.4) is 0 Å². The number of halogens is 3. The fraction of sp³-hybridized carbons (Fsp3) is 0.300. The normalized spacial score (nSPS) is 12.2. The van der Waals surface area contributed by atoms with Crippen molar-refractivity contribution in [3.05, 3.63) is 29.8 Å². The van der Waals surface area contributed by atoms with E-state index < -0.39 is 33.5 Å². The third kappa shape index (κ3) is 5.17. The monoisotopic (exact) mass is 282 g/mol. The second kappa shape index (κ2) is 4.97. The van der Waals surface area contributed by atoms with Crippen molar-refractivity contribution < 1.29 is 31.1 Å². The molecule has 0 aliphatic heterocycles. The molecule has 0 heterocycles. The number of Topliss-reactive ketones (excluding diaryl/α,β-unsaturated/α-hetero) is 1. The molecule has 0 aliphatic carbocycles. The van der Waals surface area contributed by atoms with Crippen LogP contribution in [-0.2, 0) is 9.84 Å². The second-order valence-electron chi connectivity index (χ2n) is 3.57. The molecule has 100 valence electrons. The Morgan fingerprint density at radius 2 is 1.94 bits per heavy atom. The molecule has 18 heavy (non-hydrogen) atoms. The summed E-state index contributed by atoms with van der Waals surface area (Å²) in [5, 5.41) is 0. The molecular weight excluding hydrogens is 273 g/mol. The van der Waals surface area contributed by atoms with Crippen molar-refractivity contribution in [3.63, 3.8) is 0 Å². The summed E-state index contributed by atoms with van der Waals surface area (Å²) >= 11 is 0. The topological polar surface area (TPSA) is 60.4 Å². The van der Waals surface area contributed by atoms with Crippen LogP contribution in [0.4, 0.5) is 13.2 Å². The fourth-order valence-corrected chi connectivity index (χ4v) is 1.83. The average molecular weight is 282 g/mol. The molecule has 0 saturated carbocycles. The van der Waals surface area contributed by atoms with E-state index in [-0.39, 0.29) is 5.56 Å². The lowest BCUT2D eigenvalue weighted by molar-refractivity contribution is -0.274. The van der Waals surface area contributed by atoms with Crippen molar-refractivity contribution in [1.82, 2.24) is 0 Å². The Hall–Kier alpha value is -1.57. The van der Waals surface area contributed by atoms with Gasteiger partial charge < -0.3 is 4.74 Å². The minimum Gasteiger partial charge on any atom is -0.406 e. The summed E-state index contributed by atoms with van der Waals surface area (Å²) in [7, 11) is -3.53. The van der Waals surface area contributed by atoms with E-state index >= 15 is 0 Å². The first-order chi connectivity index (χ1) is 8.07. The minimum absolute atomic E-state index is 0.151. The van der Waals surface area contributed by atoms with E-state index in [4.69, 9.17) is 0 Å². The quantitative estimate of drug-likeness (QED) is 0.790. The van der Waals surface area contributed by atoms with Gasteiger partial charge in [-0.1, -0.05) is 12.1 Å². The predicted octanol–water partition coefficient (Wildman–Crippen LogP) is 1.81. The van der Waals surface area contributed by atoms with Crippen LogP contribution in [0.5, 0.6) is 5.75 Å². The van der Waals surface area contributed by atoms with Gasteiger partial charge in [0.1, 0.15) is 11.5 Å². The molecule has 0 aromatic heterocycles. The number of benzene rings is 1. The van der Waals surface area contributed by atoms with Crippen LogP contribution in [0.25, 0.3) is 0 Å². The molecule has 0 amide bonds. The summed E-state index contributed by atoms with van der Waals surface area (Å²) in [6.07, 6.45) is -4.00. The van der Waals surface area contributed by atoms with Gasteiger partial charge in [0.2, 0.25) is 0 Å². The summed E-state index contributed by atoms with van der Waals surface area (Å²) in [5.41, 5.74) is -0.151. The van der Waals surface area contributed by atoms with E-state index in [0.29, 0.717) is 0 Å². The number of ketones is 1. The first-order valence-corrected chi connectivity index (χ1v) is 6.70. The highest BCUT2D eigenvalue weighted by Crippen LogP contribution is 2.23. The Morgan fingerprint density at radius 1 is 1.33 bits per heavy atom. The van der Waals surface area contributed by atoms with Gasteiger partial charge in [-0.25, -0.2) is 8.42 Å². The summed E-state index contributed by atoms with van der Waals surface area (Å²) in [6.45, 7) is 0. The van der Waals surface area contributed by atoms with Crippen molar-refractivity contribution in [3.8, 4) is 5.75 Å². The highest BCUT2D eigenvalue weighted by Gasteiger charge is 2.31. The van der Waals surface area contributed by atoms with Crippen LogP contribution in [-0.4, -0.2) is 32.6 Å². The highest BCUT2D eigenvalue weighted by molar-refractivity contribution is 7.91. The molecule has 0 atom stereocenters. The van der Waals surface area contributed by atoms with Gasteiger partial charge >= 0.3 is 6.36 Å². The van der Waals surface area contributed by atoms with Crippen LogP contribution < -0.4 is 4.74 Å². The maximum absolute atomic E-state index is 11.9. The number of ether oxygens (including phenoxy) is 1. The second-order valence-corrected chi connectivity index (χ2v) is 5.71. The van der Waals surface area contributed by atoms with E-state index in [2.05, 4.69) is 4.74 Å². The Kier molecular flexibility index (Phi) is 4.00. The number of hydrogen-bond acceptors (Lipinski definition) is 4. The van der Waals surface area contributed by atoms with Gasteiger partial charge in [0.25, 0.3) is 0 Å². The number of carbonyl (C=O) groups excluding carboxylic acids is 1. The third-order valence-electron chi connectivity index (χ3n) is 1.78. The number of alkyl halides is 3. The summed E-state index contributed by atoms with van der Waals surface area (Å²) in [5.74, 6) is -2.12. The number of carbonyl (C=O) groups is 1. The van der Waals surface area contributed by atoms with E-state index in [1.165, 1.54) is 12.1 Å². The first kappa shape index (κ1) is 14.5. The maximum atomic E-state index is 11.9. The van der Waals surface area contributed by atoms with Crippen LogP contribution in [0, 0.1) is 0 Å². The number of hydrogen-bond donors (Lipinski definition) is 0. The molecule has 1 aromatic carbocycles.